The van der Waals surface area contributed by atoms with Gasteiger partial charge in [-0.3, -0.25) is 9.78 Å². The summed E-state index contributed by atoms with van der Waals surface area (Å²) in [6.07, 6.45) is 3.57. The van der Waals surface area contributed by atoms with Crippen LogP contribution in [0.5, 0.6) is 0 Å². The average molecular weight is 293 g/mol. The topological polar surface area (TPSA) is 62.7 Å². The smallest absolute Gasteiger partial charge is 0.165 e. The van der Waals surface area contributed by atoms with Crippen molar-refractivity contribution in [2.75, 3.05) is 25.1 Å². The van der Waals surface area contributed by atoms with Crippen molar-refractivity contribution in [3.05, 3.63) is 30.9 Å². The van der Waals surface area contributed by atoms with Crippen molar-refractivity contribution in [1.82, 2.24) is 4.98 Å². The van der Waals surface area contributed by atoms with E-state index >= 15 is 0 Å². The minimum absolute atomic E-state index is 0.0579. The van der Waals surface area contributed by atoms with Crippen molar-refractivity contribution < 1.29 is 14.6 Å². The minimum atomic E-state index is -0.477. The van der Waals surface area contributed by atoms with Gasteiger partial charge in [0.15, 0.2) is 5.78 Å². The summed E-state index contributed by atoms with van der Waals surface area (Å²) in [6.45, 7) is 8.70. The SMILES string of the molecule is [CH2]CCN(CC(OC)C(=O)C(C)C)c1cncc(CO)c1. The summed E-state index contributed by atoms with van der Waals surface area (Å²) in [5.41, 5.74) is 1.61. The number of ether oxygens (including phenoxy) is 1. The second-order valence-electron chi connectivity index (χ2n) is 5.29. The second-order valence-corrected chi connectivity index (χ2v) is 5.29. The Hall–Kier alpha value is -1.46. The van der Waals surface area contributed by atoms with Gasteiger partial charge < -0.3 is 14.7 Å². The average Bonchev–Trinajstić information content (AvgIpc) is 2.50. The second kappa shape index (κ2) is 8.74. The van der Waals surface area contributed by atoms with Crippen LogP contribution in [-0.2, 0) is 16.1 Å². The lowest BCUT2D eigenvalue weighted by Crippen LogP contribution is -2.40. The molecule has 0 bridgehead atoms. The molecular formula is C16H25N2O3. The van der Waals surface area contributed by atoms with Gasteiger partial charge in [-0.2, -0.15) is 0 Å². The fourth-order valence-electron chi connectivity index (χ4n) is 2.10. The lowest BCUT2D eigenvalue weighted by atomic mass is 10.0. The van der Waals surface area contributed by atoms with E-state index in [-0.39, 0.29) is 18.3 Å². The number of Topliss-reactive ketones (excluding diaryl/α,β-unsaturated/α-hetero) is 1. The maximum absolute atomic E-state index is 12.1. The Kier molecular flexibility index (Phi) is 7.32. The molecule has 117 valence electrons. The number of aromatic nitrogens is 1. The number of carbonyl (C=O) groups excluding carboxylic acids is 1. The van der Waals surface area contributed by atoms with Crippen molar-refractivity contribution in [3.8, 4) is 0 Å². The van der Waals surface area contributed by atoms with Crippen LogP contribution in [-0.4, -0.2) is 42.2 Å². The quantitative estimate of drug-likeness (QED) is 0.753. The van der Waals surface area contributed by atoms with Gasteiger partial charge in [0.1, 0.15) is 6.10 Å². The van der Waals surface area contributed by atoms with Crippen LogP contribution in [0.2, 0.25) is 0 Å². The molecule has 0 spiro atoms. The fourth-order valence-corrected chi connectivity index (χ4v) is 2.10. The number of aliphatic hydroxyl groups excluding tert-OH is 1. The molecule has 5 heteroatoms. The number of rotatable bonds is 9. The zero-order valence-corrected chi connectivity index (χ0v) is 13.1. The van der Waals surface area contributed by atoms with Crippen molar-refractivity contribution in [2.24, 2.45) is 5.92 Å². The van der Waals surface area contributed by atoms with Crippen LogP contribution >= 0.6 is 0 Å². The normalized spacial score (nSPS) is 12.5. The summed E-state index contributed by atoms with van der Waals surface area (Å²) < 4.78 is 5.35. The number of hydrogen-bond donors (Lipinski definition) is 1. The number of pyridine rings is 1. The number of hydrogen-bond acceptors (Lipinski definition) is 5. The molecule has 1 aromatic rings. The first-order valence-electron chi connectivity index (χ1n) is 7.19. The van der Waals surface area contributed by atoms with Crippen LogP contribution in [0.4, 0.5) is 5.69 Å². The van der Waals surface area contributed by atoms with Crippen LogP contribution in [0.25, 0.3) is 0 Å². The van der Waals surface area contributed by atoms with Gasteiger partial charge in [0.25, 0.3) is 0 Å². The highest BCUT2D eigenvalue weighted by molar-refractivity contribution is 5.85. The molecule has 1 radical (unpaired) electrons. The number of nitrogens with zero attached hydrogens (tertiary/aromatic N) is 2. The van der Waals surface area contributed by atoms with Gasteiger partial charge in [0, 0.05) is 25.8 Å². The highest BCUT2D eigenvalue weighted by atomic mass is 16.5. The molecule has 1 heterocycles. The molecule has 0 saturated carbocycles. The number of anilines is 1. The van der Waals surface area contributed by atoms with E-state index < -0.39 is 6.10 Å². The van der Waals surface area contributed by atoms with Gasteiger partial charge in [-0.25, -0.2) is 0 Å². The van der Waals surface area contributed by atoms with Gasteiger partial charge in [-0.05, 0) is 18.1 Å². The molecule has 1 aromatic heterocycles. The van der Waals surface area contributed by atoms with Gasteiger partial charge in [-0.1, -0.05) is 20.8 Å². The maximum Gasteiger partial charge on any atom is 0.165 e. The highest BCUT2D eigenvalue weighted by Gasteiger charge is 2.23. The van der Waals surface area contributed by atoms with E-state index in [2.05, 4.69) is 11.9 Å². The van der Waals surface area contributed by atoms with Crippen molar-refractivity contribution in [3.63, 3.8) is 0 Å². The zero-order valence-electron chi connectivity index (χ0n) is 13.1. The van der Waals surface area contributed by atoms with Gasteiger partial charge in [0.05, 0.1) is 25.0 Å². The first-order chi connectivity index (χ1) is 10.0. The van der Waals surface area contributed by atoms with Crippen molar-refractivity contribution >= 4 is 11.5 Å². The van der Waals surface area contributed by atoms with E-state index in [0.717, 1.165) is 11.3 Å². The van der Waals surface area contributed by atoms with E-state index in [0.29, 0.717) is 19.5 Å². The van der Waals surface area contributed by atoms with Gasteiger partial charge in [-0.15, -0.1) is 0 Å². The Bertz CT molecular complexity index is 449. The van der Waals surface area contributed by atoms with E-state index in [1.807, 2.05) is 24.8 Å². The molecule has 1 atom stereocenters. The molecule has 0 aromatic carbocycles. The summed E-state index contributed by atoms with van der Waals surface area (Å²) in [4.78, 5) is 18.3. The number of ketones is 1. The Morgan fingerprint density at radius 2 is 2.19 bits per heavy atom. The van der Waals surface area contributed by atoms with E-state index in [4.69, 9.17) is 4.74 Å². The predicted molar refractivity (Wildman–Crippen MR) is 83.0 cm³/mol. The molecule has 1 rings (SSSR count). The van der Waals surface area contributed by atoms with Crippen LogP contribution in [0.1, 0.15) is 25.8 Å². The summed E-state index contributed by atoms with van der Waals surface area (Å²) in [5, 5.41) is 9.21. The molecule has 1 unspecified atom stereocenters. The summed E-state index contributed by atoms with van der Waals surface area (Å²) in [6, 6.07) is 1.87. The Labute approximate surface area is 126 Å². The third kappa shape index (κ3) is 5.10. The molecule has 5 nitrogen and oxygen atoms in total. The molecule has 1 N–H and O–H groups in total. The maximum atomic E-state index is 12.1. The first-order valence-corrected chi connectivity index (χ1v) is 7.19. The standard InChI is InChI=1S/C16H25N2O3/c1-5-6-18(10-15(21-4)16(20)12(2)3)14-7-13(11-19)8-17-9-14/h7-9,12,15,19H,1,5-6,10-11H2,2-4H3. The lowest BCUT2D eigenvalue weighted by Gasteiger charge is -2.28. The molecule has 0 amide bonds. The van der Waals surface area contributed by atoms with E-state index in [9.17, 15) is 9.90 Å². The van der Waals surface area contributed by atoms with Crippen LogP contribution in [0.15, 0.2) is 18.5 Å². The van der Waals surface area contributed by atoms with Crippen LogP contribution in [0.3, 0.4) is 0 Å². The minimum Gasteiger partial charge on any atom is -0.392 e. The van der Waals surface area contributed by atoms with Gasteiger partial charge >= 0.3 is 0 Å². The Balaban J connectivity index is 2.92. The van der Waals surface area contributed by atoms with Crippen LogP contribution < -0.4 is 4.90 Å². The van der Waals surface area contributed by atoms with Crippen LogP contribution in [0, 0.1) is 12.8 Å². The fraction of sp³-hybridized carbons (Fsp3) is 0.562. The van der Waals surface area contributed by atoms with Crippen molar-refractivity contribution in [1.29, 1.82) is 0 Å². The first kappa shape index (κ1) is 17.6. The predicted octanol–water partition coefficient (Wildman–Crippen LogP) is 1.84. The van der Waals surface area contributed by atoms with Crippen molar-refractivity contribution in [2.45, 2.75) is 33.0 Å². The zero-order chi connectivity index (χ0) is 15.8. The lowest BCUT2D eigenvalue weighted by molar-refractivity contribution is -0.131. The summed E-state index contributed by atoms with van der Waals surface area (Å²) in [5.74, 6) is 0.0105. The number of methoxy groups -OCH3 is 1. The summed E-state index contributed by atoms with van der Waals surface area (Å²) >= 11 is 0. The highest BCUT2D eigenvalue weighted by Crippen LogP contribution is 2.17. The third-order valence-electron chi connectivity index (χ3n) is 3.31. The molecule has 21 heavy (non-hydrogen) atoms. The number of aliphatic hydroxyl groups is 1. The monoisotopic (exact) mass is 293 g/mol. The molecule has 0 aliphatic heterocycles. The molecular weight excluding hydrogens is 268 g/mol. The number of carbonyl (C=O) groups is 1. The van der Waals surface area contributed by atoms with E-state index in [1.165, 1.54) is 0 Å². The molecule has 0 aliphatic carbocycles. The Morgan fingerprint density at radius 1 is 1.48 bits per heavy atom. The molecule has 0 saturated heterocycles. The van der Waals surface area contributed by atoms with Gasteiger partial charge in [0.2, 0.25) is 0 Å². The van der Waals surface area contributed by atoms with E-state index in [1.54, 1.807) is 19.5 Å². The summed E-state index contributed by atoms with van der Waals surface area (Å²) in [7, 11) is 1.55. The third-order valence-corrected chi connectivity index (χ3v) is 3.31. The Morgan fingerprint density at radius 3 is 2.71 bits per heavy atom. The largest absolute Gasteiger partial charge is 0.392 e. The molecule has 0 fully saturated rings. The molecule has 0 aliphatic rings.